The molecular weight excluding hydrogens is 709 g/mol. The Morgan fingerprint density at radius 2 is 1.46 bits per heavy atom. The average Bonchev–Trinajstić information content (AvgIpc) is 3.14. The molecule has 274 valence electrons. The first kappa shape index (κ1) is 36.0. The van der Waals surface area contributed by atoms with Crippen molar-refractivity contribution < 1.29 is 33.3 Å². The van der Waals surface area contributed by atoms with E-state index in [9.17, 15) is 10.1 Å². The summed E-state index contributed by atoms with van der Waals surface area (Å²) in [5, 5.41) is 13.1. The summed E-state index contributed by atoms with van der Waals surface area (Å²) in [6, 6.07) is 12.9. The molecular formula is C39H41Cl2N3O8. The molecule has 0 N–H and O–H groups in total. The molecule has 0 aliphatic carbocycles. The number of ether oxygens (including phenoxy) is 6. The van der Waals surface area contributed by atoms with E-state index in [0.29, 0.717) is 58.0 Å². The van der Waals surface area contributed by atoms with Crippen LogP contribution in [0.2, 0.25) is 10.0 Å². The Morgan fingerprint density at radius 1 is 0.769 bits per heavy atom. The van der Waals surface area contributed by atoms with Gasteiger partial charge in [-0.3, -0.25) is 19.9 Å². The highest BCUT2D eigenvalue weighted by Crippen LogP contribution is 2.56. The maximum atomic E-state index is 12.6. The van der Waals surface area contributed by atoms with Gasteiger partial charge in [0.2, 0.25) is 5.75 Å². The van der Waals surface area contributed by atoms with E-state index in [2.05, 4.69) is 29.0 Å². The first-order valence-electron chi connectivity index (χ1n) is 17.1. The Kier molecular flexibility index (Phi) is 10.1. The molecule has 0 radical (unpaired) electrons. The molecule has 4 aliphatic heterocycles. The monoisotopic (exact) mass is 749 g/mol. The number of fused-ring (bicyclic) bond motifs is 3. The van der Waals surface area contributed by atoms with Crippen LogP contribution in [0.1, 0.15) is 51.9 Å². The third-order valence-electron chi connectivity index (χ3n) is 10.6. The van der Waals surface area contributed by atoms with Crippen LogP contribution in [0.25, 0.3) is 0 Å². The van der Waals surface area contributed by atoms with Gasteiger partial charge in [-0.1, -0.05) is 35.3 Å². The van der Waals surface area contributed by atoms with Gasteiger partial charge in [-0.15, -0.1) is 0 Å². The lowest BCUT2D eigenvalue weighted by atomic mass is 9.86. The third kappa shape index (κ3) is 6.23. The van der Waals surface area contributed by atoms with E-state index in [1.807, 2.05) is 31.3 Å². The van der Waals surface area contributed by atoms with Crippen LogP contribution in [0.3, 0.4) is 0 Å². The van der Waals surface area contributed by atoms with Crippen LogP contribution in [0.15, 0.2) is 42.5 Å². The lowest BCUT2D eigenvalue weighted by molar-refractivity contribution is -0.385. The molecule has 8 rings (SSSR count). The van der Waals surface area contributed by atoms with Crippen LogP contribution < -0.4 is 28.4 Å². The van der Waals surface area contributed by atoms with Crippen LogP contribution in [0.4, 0.5) is 5.69 Å². The molecule has 0 aromatic heterocycles. The van der Waals surface area contributed by atoms with Gasteiger partial charge in [-0.2, -0.15) is 0 Å². The molecule has 0 fully saturated rings. The first-order valence-corrected chi connectivity index (χ1v) is 17.9. The summed E-state index contributed by atoms with van der Waals surface area (Å²) in [7, 11) is 10.2. The van der Waals surface area contributed by atoms with Gasteiger partial charge >= 0.3 is 0 Å². The Bertz CT molecular complexity index is 2040. The van der Waals surface area contributed by atoms with E-state index in [-0.39, 0.29) is 40.2 Å². The van der Waals surface area contributed by atoms with Crippen molar-refractivity contribution in [2.75, 3.05) is 55.6 Å². The zero-order chi connectivity index (χ0) is 36.8. The number of benzene rings is 4. The van der Waals surface area contributed by atoms with Crippen molar-refractivity contribution in [3.63, 3.8) is 0 Å². The van der Waals surface area contributed by atoms with Crippen molar-refractivity contribution in [1.82, 2.24) is 9.80 Å². The van der Waals surface area contributed by atoms with Crippen LogP contribution in [-0.2, 0) is 25.7 Å². The van der Waals surface area contributed by atoms with Gasteiger partial charge in [0.15, 0.2) is 34.5 Å². The molecule has 52 heavy (non-hydrogen) atoms. The summed E-state index contributed by atoms with van der Waals surface area (Å²) in [5.74, 6) is 2.96. The number of rotatable bonds is 5. The predicted octanol–water partition coefficient (Wildman–Crippen LogP) is 8.77. The van der Waals surface area contributed by atoms with Gasteiger partial charge in [0, 0.05) is 37.2 Å². The number of aryl methyl sites for hydroxylation is 1. The minimum absolute atomic E-state index is 0.0776. The second kappa shape index (κ2) is 14.5. The summed E-state index contributed by atoms with van der Waals surface area (Å²) in [6.07, 6.45) is 3.21. The summed E-state index contributed by atoms with van der Waals surface area (Å²) >= 11 is 14.2. The van der Waals surface area contributed by atoms with Crippen LogP contribution in [0, 0.1) is 10.1 Å². The van der Waals surface area contributed by atoms with Crippen molar-refractivity contribution in [2.24, 2.45) is 0 Å². The maximum Gasteiger partial charge on any atom is 0.278 e. The van der Waals surface area contributed by atoms with Gasteiger partial charge in [-0.05, 0) is 86.3 Å². The predicted molar refractivity (Wildman–Crippen MR) is 199 cm³/mol. The van der Waals surface area contributed by atoms with E-state index in [0.717, 1.165) is 42.5 Å². The average molecular weight is 751 g/mol. The zero-order valence-electron chi connectivity index (χ0n) is 30.0. The second-order valence-corrected chi connectivity index (χ2v) is 14.1. The Balaban J connectivity index is 1.52. The molecule has 0 saturated heterocycles. The fourth-order valence-electron chi connectivity index (χ4n) is 7.84. The van der Waals surface area contributed by atoms with Crippen molar-refractivity contribution in [2.45, 2.75) is 44.2 Å². The molecule has 4 heterocycles. The van der Waals surface area contributed by atoms with Crippen molar-refractivity contribution >= 4 is 28.9 Å². The van der Waals surface area contributed by atoms with E-state index in [1.54, 1.807) is 7.11 Å². The number of likely N-dealkylation sites (N-methyl/N-ethyl adjacent to an activating group) is 2. The van der Waals surface area contributed by atoms with E-state index >= 15 is 0 Å². The summed E-state index contributed by atoms with van der Waals surface area (Å²) in [6.45, 7) is 1.50. The zero-order valence-corrected chi connectivity index (χ0v) is 31.5. The standard InChI is InChI=1S/C39H41Cl2N3O8/c1-42-15-13-22-17-30(47-3)31-19-25(22)27(42)12-9-21-7-10-23(11-8-21)51-36-32(48-4)20-28(44(45)46)26(35(36)41)18-29-33-24(14-16-43(29)2)34(40)38(49-5)39(50-6)37(33)52-31/h7-8,10-11,17,19-20,27,29H,9,12-16,18H2,1-6H3/t27-,29-/m0/s1. The molecule has 13 heteroatoms. The van der Waals surface area contributed by atoms with Crippen LogP contribution in [0.5, 0.6) is 46.0 Å². The molecule has 0 amide bonds. The fourth-order valence-corrected chi connectivity index (χ4v) is 8.51. The lowest BCUT2D eigenvalue weighted by Crippen LogP contribution is -2.34. The van der Waals surface area contributed by atoms with E-state index in [4.69, 9.17) is 51.6 Å². The number of nitrogens with zero attached hydrogens (tertiary/aromatic N) is 3. The lowest BCUT2D eigenvalue weighted by Gasteiger charge is -2.38. The van der Waals surface area contributed by atoms with Gasteiger partial charge in [-0.25, -0.2) is 0 Å². The van der Waals surface area contributed by atoms with E-state index in [1.165, 1.54) is 33.0 Å². The smallest absolute Gasteiger partial charge is 0.278 e. The van der Waals surface area contributed by atoms with Crippen molar-refractivity contribution in [3.8, 4) is 46.0 Å². The molecule has 4 aromatic rings. The number of nitro benzene ring substituents is 1. The third-order valence-corrected chi connectivity index (χ3v) is 11.4. The van der Waals surface area contributed by atoms with Crippen molar-refractivity contribution in [3.05, 3.63) is 96.0 Å². The van der Waals surface area contributed by atoms with Gasteiger partial charge in [0.25, 0.3) is 5.69 Å². The fraction of sp³-hybridized carbons (Fsp3) is 0.385. The molecule has 2 atom stereocenters. The summed E-state index contributed by atoms with van der Waals surface area (Å²) < 4.78 is 36.7. The van der Waals surface area contributed by atoms with Gasteiger partial charge in [0.1, 0.15) is 5.75 Å². The van der Waals surface area contributed by atoms with Gasteiger partial charge in [0.05, 0.1) is 55.0 Å². The quantitative estimate of drug-likeness (QED) is 0.145. The molecule has 6 bridgehead atoms. The largest absolute Gasteiger partial charge is 0.493 e. The summed E-state index contributed by atoms with van der Waals surface area (Å²) in [4.78, 5) is 16.7. The number of halogens is 2. The SMILES string of the molecule is COc1cc2c3cc1Oc1c(OC)c(OC)c(Cl)c4c1[C@H](Cc1c([N+](=O)[O-])cc(OC)c(c1Cl)Oc1ccc(cc1)CC[C@@H]3N(C)CC2)N(C)CC4. The molecule has 11 nitrogen and oxygen atoms in total. The number of hydrogen-bond donors (Lipinski definition) is 0. The summed E-state index contributed by atoms with van der Waals surface area (Å²) in [5.41, 5.74) is 5.08. The minimum atomic E-state index is -0.502. The highest BCUT2D eigenvalue weighted by atomic mass is 35.5. The topological polar surface area (TPSA) is 105 Å². The number of nitro groups is 1. The number of hydrogen-bond acceptors (Lipinski definition) is 10. The molecule has 4 aromatic carbocycles. The molecule has 0 spiro atoms. The normalized spacial score (nSPS) is 18.5. The Labute approximate surface area is 313 Å². The molecule has 0 unspecified atom stereocenters. The Morgan fingerprint density at radius 3 is 2.13 bits per heavy atom. The van der Waals surface area contributed by atoms with Crippen LogP contribution in [-0.4, -0.2) is 70.3 Å². The minimum Gasteiger partial charge on any atom is -0.493 e. The highest BCUT2D eigenvalue weighted by Gasteiger charge is 2.39. The van der Waals surface area contributed by atoms with E-state index < -0.39 is 11.0 Å². The molecule has 0 saturated carbocycles. The highest BCUT2D eigenvalue weighted by molar-refractivity contribution is 6.34. The molecule has 4 aliphatic rings. The maximum absolute atomic E-state index is 12.6. The Hall–Kier alpha value is -4.42. The second-order valence-electron chi connectivity index (χ2n) is 13.4. The van der Waals surface area contributed by atoms with Gasteiger partial charge < -0.3 is 28.4 Å². The first-order chi connectivity index (χ1) is 25.1. The number of methoxy groups -OCH3 is 4. The van der Waals surface area contributed by atoms with Crippen molar-refractivity contribution in [1.29, 1.82) is 0 Å². The van der Waals surface area contributed by atoms with Crippen LogP contribution >= 0.6 is 23.2 Å².